The lowest BCUT2D eigenvalue weighted by molar-refractivity contribution is 0.101. The first-order chi connectivity index (χ1) is 6.57. The molecule has 0 aliphatic rings. The monoisotopic (exact) mass is 196 g/mol. The van der Waals surface area contributed by atoms with E-state index in [1.807, 2.05) is 6.92 Å². The van der Waals surface area contributed by atoms with Crippen molar-refractivity contribution in [2.75, 3.05) is 6.61 Å². The molecule has 0 radical (unpaired) electrons. The number of hydrogen-bond donors (Lipinski definition) is 0. The Labute approximate surface area is 82.7 Å². The average Bonchev–Trinajstić information content (AvgIpc) is 2.10. The van der Waals surface area contributed by atoms with Crippen molar-refractivity contribution >= 4 is 5.78 Å². The second-order valence-electron chi connectivity index (χ2n) is 3.03. The molecule has 76 valence electrons. The summed E-state index contributed by atoms with van der Waals surface area (Å²) in [5.41, 5.74) is 0.690. The highest BCUT2D eigenvalue weighted by molar-refractivity contribution is 5.96. The van der Waals surface area contributed by atoms with Crippen LogP contribution in [-0.4, -0.2) is 12.4 Å². The third kappa shape index (κ3) is 1.92. The molecule has 0 saturated carbocycles. The molecule has 0 aliphatic heterocycles. The quantitative estimate of drug-likeness (QED) is 0.695. The highest BCUT2D eigenvalue weighted by Gasteiger charge is 2.14. The van der Waals surface area contributed by atoms with Crippen LogP contribution >= 0.6 is 0 Å². The van der Waals surface area contributed by atoms with E-state index in [0.717, 1.165) is 0 Å². The van der Waals surface area contributed by atoms with Gasteiger partial charge in [0.2, 0.25) is 0 Å². The third-order valence-electron chi connectivity index (χ3n) is 2.02. The molecule has 0 bridgehead atoms. The Morgan fingerprint density at radius 2 is 2.14 bits per heavy atom. The van der Waals surface area contributed by atoms with Gasteiger partial charge in [-0.05, 0) is 32.9 Å². The van der Waals surface area contributed by atoms with E-state index in [-0.39, 0.29) is 11.3 Å². The van der Waals surface area contributed by atoms with Crippen molar-refractivity contribution in [3.63, 3.8) is 0 Å². The summed E-state index contributed by atoms with van der Waals surface area (Å²) in [5.74, 6) is -0.195. The van der Waals surface area contributed by atoms with Crippen molar-refractivity contribution in [1.29, 1.82) is 0 Å². The maximum atomic E-state index is 13.2. The molecule has 0 heterocycles. The molecule has 0 N–H and O–H groups in total. The molecular weight excluding hydrogens is 183 g/mol. The van der Waals surface area contributed by atoms with Gasteiger partial charge in [-0.3, -0.25) is 4.79 Å². The Morgan fingerprint density at radius 3 is 2.64 bits per heavy atom. The van der Waals surface area contributed by atoms with Crippen LogP contribution in [0.5, 0.6) is 5.75 Å². The molecule has 0 atom stereocenters. The molecular formula is C11H13FO2. The SMILES string of the molecule is CCOc1ccc(F)c(C(C)=O)c1C. The van der Waals surface area contributed by atoms with Crippen LogP contribution in [0.2, 0.25) is 0 Å². The van der Waals surface area contributed by atoms with Crippen molar-refractivity contribution in [3.05, 3.63) is 29.1 Å². The van der Waals surface area contributed by atoms with Gasteiger partial charge >= 0.3 is 0 Å². The topological polar surface area (TPSA) is 26.3 Å². The maximum Gasteiger partial charge on any atom is 0.163 e. The van der Waals surface area contributed by atoms with E-state index in [1.165, 1.54) is 13.0 Å². The van der Waals surface area contributed by atoms with Gasteiger partial charge < -0.3 is 4.74 Å². The van der Waals surface area contributed by atoms with Crippen LogP contribution in [-0.2, 0) is 0 Å². The van der Waals surface area contributed by atoms with Crippen molar-refractivity contribution in [1.82, 2.24) is 0 Å². The van der Waals surface area contributed by atoms with Crippen LogP contribution in [0, 0.1) is 12.7 Å². The Bertz CT molecular complexity index is 359. The van der Waals surface area contributed by atoms with E-state index < -0.39 is 5.82 Å². The molecule has 1 aromatic rings. The minimum atomic E-state index is -0.488. The number of ether oxygens (including phenoxy) is 1. The minimum Gasteiger partial charge on any atom is -0.494 e. The molecule has 1 aromatic carbocycles. The van der Waals surface area contributed by atoms with Crippen molar-refractivity contribution < 1.29 is 13.9 Å². The van der Waals surface area contributed by atoms with Crippen LogP contribution in [0.4, 0.5) is 4.39 Å². The lowest BCUT2D eigenvalue weighted by atomic mass is 10.0. The summed E-state index contributed by atoms with van der Waals surface area (Å²) >= 11 is 0. The molecule has 1 rings (SSSR count). The standard InChI is InChI=1S/C11H13FO2/c1-4-14-10-6-5-9(12)11(7(10)2)8(3)13/h5-6H,4H2,1-3H3. The summed E-state index contributed by atoms with van der Waals surface area (Å²) < 4.78 is 18.5. The van der Waals surface area contributed by atoms with Gasteiger partial charge in [0.05, 0.1) is 12.2 Å². The minimum absolute atomic E-state index is 0.121. The number of benzene rings is 1. The summed E-state index contributed by atoms with van der Waals surface area (Å²) in [4.78, 5) is 11.1. The predicted octanol–water partition coefficient (Wildman–Crippen LogP) is 2.74. The fraction of sp³-hybridized carbons (Fsp3) is 0.364. The Balaban J connectivity index is 3.26. The maximum absolute atomic E-state index is 13.2. The highest BCUT2D eigenvalue weighted by atomic mass is 19.1. The number of carbonyl (C=O) groups is 1. The molecule has 0 aromatic heterocycles. The summed E-state index contributed by atoms with van der Waals surface area (Å²) in [7, 11) is 0. The van der Waals surface area contributed by atoms with Crippen LogP contribution in [0.3, 0.4) is 0 Å². The van der Waals surface area contributed by atoms with E-state index >= 15 is 0 Å². The normalized spacial score (nSPS) is 10.0. The first-order valence-electron chi connectivity index (χ1n) is 4.50. The Kier molecular flexibility index (Phi) is 3.23. The zero-order valence-corrected chi connectivity index (χ0v) is 8.56. The number of carbonyl (C=O) groups excluding carboxylic acids is 1. The molecule has 0 unspecified atom stereocenters. The number of ketones is 1. The van der Waals surface area contributed by atoms with Gasteiger partial charge in [-0.1, -0.05) is 0 Å². The summed E-state index contributed by atoms with van der Waals surface area (Å²) in [5, 5.41) is 0. The van der Waals surface area contributed by atoms with Gasteiger partial charge in [0, 0.05) is 5.56 Å². The molecule has 0 spiro atoms. The molecule has 0 fully saturated rings. The van der Waals surface area contributed by atoms with Gasteiger partial charge in [0.15, 0.2) is 5.78 Å². The van der Waals surface area contributed by atoms with Gasteiger partial charge in [-0.25, -0.2) is 4.39 Å². The van der Waals surface area contributed by atoms with Gasteiger partial charge in [0.25, 0.3) is 0 Å². The third-order valence-corrected chi connectivity index (χ3v) is 2.02. The highest BCUT2D eigenvalue weighted by Crippen LogP contribution is 2.24. The molecule has 0 saturated heterocycles. The second kappa shape index (κ2) is 4.22. The molecule has 2 nitrogen and oxygen atoms in total. The van der Waals surface area contributed by atoms with E-state index in [2.05, 4.69) is 0 Å². The first-order valence-corrected chi connectivity index (χ1v) is 4.50. The van der Waals surface area contributed by atoms with Crippen LogP contribution < -0.4 is 4.74 Å². The summed E-state index contributed by atoms with van der Waals surface area (Å²) in [6, 6.07) is 2.80. The van der Waals surface area contributed by atoms with Crippen molar-refractivity contribution in [2.45, 2.75) is 20.8 Å². The molecule has 3 heteroatoms. The average molecular weight is 196 g/mol. The van der Waals surface area contributed by atoms with Gasteiger partial charge in [0.1, 0.15) is 11.6 Å². The first kappa shape index (κ1) is 10.7. The number of rotatable bonds is 3. The van der Waals surface area contributed by atoms with E-state index in [9.17, 15) is 9.18 Å². The Morgan fingerprint density at radius 1 is 1.50 bits per heavy atom. The smallest absolute Gasteiger partial charge is 0.163 e. The fourth-order valence-electron chi connectivity index (χ4n) is 1.40. The summed E-state index contributed by atoms with van der Waals surface area (Å²) in [6.07, 6.45) is 0. The van der Waals surface area contributed by atoms with E-state index in [1.54, 1.807) is 13.0 Å². The lowest BCUT2D eigenvalue weighted by Gasteiger charge is -2.10. The molecule has 14 heavy (non-hydrogen) atoms. The van der Waals surface area contributed by atoms with Gasteiger partial charge in [-0.2, -0.15) is 0 Å². The largest absolute Gasteiger partial charge is 0.494 e. The number of hydrogen-bond acceptors (Lipinski definition) is 2. The van der Waals surface area contributed by atoms with E-state index in [4.69, 9.17) is 4.74 Å². The van der Waals surface area contributed by atoms with Crippen LogP contribution in [0.1, 0.15) is 29.8 Å². The van der Waals surface area contributed by atoms with Crippen molar-refractivity contribution in [3.8, 4) is 5.75 Å². The zero-order chi connectivity index (χ0) is 10.7. The zero-order valence-electron chi connectivity index (χ0n) is 8.56. The number of Topliss-reactive ketones (excluding diaryl/α,β-unsaturated/α-hetero) is 1. The lowest BCUT2D eigenvalue weighted by Crippen LogP contribution is -2.04. The Hall–Kier alpha value is -1.38. The summed E-state index contributed by atoms with van der Waals surface area (Å²) in [6.45, 7) is 5.38. The van der Waals surface area contributed by atoms with Crippen LogP contribution in [0.25, 0.3) is 0 Å². The van der Waals surface area contributed by atoms with Gasteiger partial charge in [-0.15, -0.1) is 0 Å². The number of halogens is 1. The van der Waals surface area contributed by atoms with Crippen molar-refractivity contribution in [2.24, 2.45) is 0 Å². The predicted molar refractivity (Wildman–Crippen MR) is 52.3 cm³/mol. The fourth-order valence-corrected chi connectivity index (χ4v) is 1.40. The van der Waals surface area contributed by atoms with Crippen LogP contribution in [0.15, 0.2) is 12.1 Å². The van der Waals surface area contributed by atoms with E-state index in [0.29, 0.717) is 17.9 Å². The second-order valence-corrected chi connectivity index (χ2v) is 3.03. The molecule has 0 aliphatic carbocycles. The molecule has 0 amide bonds.